The van der Waals surface area contributed by atoms with E-state index in [-0.39, 0.29) is 218 Å². The van der Waals surface area contributed by atoms with Gasteiger partial charge in [-0.05, 0) is 84.0 Å². The number of β-amino-alcohol motifs (C(OH)–C–C–N with tert-alkyl or cyclic N) is 1. The number of ether oxygens (including phenoxy) is 9. The summed E-state index contributed by atoms with van der Waals surface area (Å²) < 4.78 is 69.2. The van der Waals surface area contributed by atoms with E-state index in [4.69, 9.17) is 47.2 Å². The Bertz CT molecular complexity index is 2640. The zero-order chi connectivity index (χ0) is 84.3. The number of nitrogens with zero attached hydrogens (tertiary/aromatic N) is 1. The summed E-state index contributed by atoms with van der Waals surface area (Å²) in [4.78, 5) is 115. The molecule has 3 fully saturated rings. The van der Waals surface area contributed by atoms with Gasteiger partial charge in [0.1, 0.15) is 36.1 Å². The van der Waals surface area contributed by atoms with Gasteiger partial charge >= 0.3 is 7.60 Å². The van der Waals surface area contributed by atoms with E-state index >= 15 is 0 Å². The molecule has 0 aromatic heterocycles. The molecule has 0 aromatic rings. The van der Waals surface area contributed by atoms with Crippen LogP contribution in [0.4, 0.5) is 0 Å². The fourth-order valence-electron chi connectivity index (χ4n) is 12.5. The van der Waals surface area contributed by atoms with Crippen LogP contribution in [0.15, 0.2) is 0 Å². The molecule has 3 saturated heterocycles. The first-order chi connectivity index (χ1) is 54.5. The van der Waals surface area contributed by atoms with E-state index in [1.807, 2.05) is 0 Å². The summed E-state index contributed by atoms with van der Waals surface area (Å²) in [5.74, 6) is -3.80. The van der Waals surface area contributed by atoms with Gasteiger partial charge in [0.2, 0.25) is 47.3 Å². The molecule has 3 heterocycles. The molecule has 114 heavy (non-hydrogen) atoms. The predicted octanol–water partition coefficient (Wildman–Crippen LogP) is -1.73. The van der Waals surface area contributed by atoms with E-state index in [1.54, 1.807) is 20.8 Å². The zero-order valence-electron chi connectivity index (χ0n) is 67.6. The molecule has 18 N–H and O–H groups in total. The molecule has 0 saturated carbocycles. The normalized spacial score (nSPS) is 23.8. The first kappa shape index (κ1) is 103. The molecule has 0 bridgehead atoms. The van der Waals surface area contributed by atoms with Crippen molar-refractivity contribution in [3.8, 4) is 0 Å². The summed E-state index contributed by atoms with van der Waals surface area (Å²) >= 11 is 0. The molecule has 0 radical (unpaired) electrons. The van der Waals surface area contributed by atoms with Crippen LogP contribution in [-0.4, -0.2) is 338 Å². The Labute approximate surface area is 670 Å². The van der Waals surface area contributed by atoms with Gasteiger partial charge in [-0.2, -0.15) is 0 Å². The average Bonchev–Trinajstić information content (AvgIpc) is 1.03. The van der Waals surface area contributed by atoms with Gasteiger partial charge in [-0.1, -0.05) is 46.5 Å². The Morgan fingerprint density at radius 1 is 0.491 bits per heavy atom. The maximum atomic E-state index is 14.0. The van der Waals surface area contributed by atoms with Crippen LogP contribution in [0.25, 0.3) is 0 Å². The minimum Gasteiger partial charge on any atom is -0.396 e. The van der Waals surface area contributed by atoms with Crippen LogP contribution in [0.5, 0.6) is 0 Å². The van der Waals surface area contributed by atoms with E-state index in [9.17, 15) is 98.9 Å². The monoisotopic (exact) mass is 1660 g/mol. The zero-order valence-corrected chi connectivity index (χ0v) is 68.5. The number of aliphatic hydroxyl groups excluding tert-OH is 10. The summed E-state index contributed by atoms with van der Waals surface area (Å²) in [6.45, 7) is 6.90. The van der Waals surface area contributed by atoms with Gasteiger partial charge in [-0.3, -0.25) is 42.9 Å². The number of carbonyl (C=O) groups is 8. The molecule has 0 aromatic carbocycles. The molecular formula is C75H139N8O30P. The molecule has 39 heteroatoms. The lowest BCUT2D eigenvalue weighted by molar-refractivity contribution is -0.282. The summed E-state index contributed by atoms with van der Waals surface area (Å²) in [5, 5.41) is 119. The lowest BCUT2D eigenvalue weighted by Gasteiger charge is -2.40. The highest BCUT2D eigenvalue weighted by atomic mass is 31.2. The molecule has 3 aliphatic rings. The molecule has 17 atom stereocenters. The van der Waals surface area contributed by atoms with Gasteiger partial charge in [-0.15, -0.1) is 0 Å². The van der Waals surface area contributed by atoms with Crippen LogP contribution in [-0.2, 0) is 90.1 Å². The standard InChI is InChI=1S/C75H139N8O30P/c1-51(43-84)72(111-57(44-85)54(4)88)107-35-15-12-21-60(90)76-29-18-32-79-63(93)26-38-104-48-75(82-66(96)24-10-8-6-7-9-11-25-67(97)83-42-56(89)41-55(83)47-110-114(5,102)103,49-105-39-27-64(94)80-33-19-30-77-61(91)22-13-16-36-108-73-52(2)68(98)70(100)58(45-86)112-73)50-106-40-28-65(95)81-34-20-31-78-62(92)23-14-17-37-109-74-53(3)69(99)71(101)59(46-87)113-74/h51-59,68-74,84-89,98-101H,6-50H2,1-5H3,(H,76,90)(H,77,91)(H,78,92)(H,79,93)(H,80,94)(H,81,95)(H,82,96)(H,102,103)/t51-,52-,53-,54+,55-,56+,57?,58?,59?,68?,69?,70-,71-,72+,73+,74+,75?/m0/s1. The minimum absolute atomic E-state index is 0.0677. The van der Waals surface area contributed by atoms with E-state index in [0.717, 1.165) is 19.5 Å². The molecule has 6 unspecified atom stereocenters. The molecule has 3 aliphatic heterocycles. The predicted molar refractivity (Wildman–Crippen MR) is 411 cm³/mol. The Hall–Kier alpha value is -4.85. The first-order valence-corrected chi connectivity index (χ1v) is 42.7. The van der Waals surface area contributed by atoms with Crippen molar-refractivity contribution >= 4 is 54.9 Å². The lowest BCUT2D eigenvalue weighted by atomic mass is 9.92. The van der Waals surface area contributed by atoms with Gasteiger partial charge in [0.15, 0.2) is 18.9 Å². The summed E-state index contributed by atoms with van der Waals surface area (Å²) in [7, 11) is -3.78. The first-order valence-electron chi connectivity index (χ1n) is 40.7. The second-order valence-corrected chi connectivity index (χ2v) is 31.8. The summed E-state index contributed by atoms with van der Waals surface area (Å²) in [6, 6.07) is -0.516. The van der Waals surface area contributed by atoms with Crippen LogP contribution < -0.4 is 37.2 Å². The fraction of sp³-hybridized carbons (Fsp3) is 0.893. The highest BCUT2D eigenvalue weighted by Crippen LogP contribution is 2.38. The molecule has 3 rings (SSSR count). The summed E-state index contributed by atoms with van der Waals surface area (Å²) in [6.07, 6.45) is -3.00. The number of nitrogens with one attached hydrogen (secondary N) is 7. The quantitative estimate of drug-likeness (QED) is 0.0183. The van der Waals surface area contributed by atoms with Crippen molar-refractivity contribution in [1.82, 2.24) is 42.1 Å². The number of likely N-dealkylation sites (tertiary alicyclic amines) is 1. The van der Waals surface area contributed by atoms with E-state index in [1.165, 1.54) is 11.8 Å². The van der Waals surface area contributed by atoms with Gasteiger partial charge in [0, 0.05) is 141 Å². The van der Waals surface area contributed by atoms with Gasteiger partial charge < -0.3 is 145 Å². The van der Waals surface area contributed by atoms with Crippen LogP contribution in [0.3, 0.4) is 0 Å². The number of unbranched alkanes of at least 4 members (excludes halogenated alkanes) is 8. The number of hydrogen-bond acceptors (Lipinski definition) is 29. The van der Waals surface area contributed by atoms with E-state index < -0.39 is 136 Å². The van der Waals surface area contributed by atoms with Crippen molar-refractivity contribution in [2.45, 2.75) is 267 Å². The van der Waals surface area contributed by atoms with Gasteiger partial charge in [0.05, 0.1) is 103 Å². The minimum atomic E-state index is -3.78. The van der Waals surface area contributed by atoms with Crippen LogP contribution in [0.1, 0.15) is 182 Å². The fourth-order valence-corrected chi connectivity index (χ4v) is 13.0. The second-order valence-electron chi connectivity index (χ2n) is 29.9. The van der Waals surface area contributed by atoms with Crippen molar-refractivity contribution in [1.29, 1.82) is 0 Å². The number of carbonyl (C=O) groups excluding carboxylic acids is 8. The molecule has 0 spiro atoms. The SMILES string of the molecule is C[C@@H](O)C(CO)O[C@@H](OCCCCC(=O)NCCCNC(=O)CCOCC(COCCC(=O)NCCCNC(=O)CCCCO[C@@H]1OC(CO)[C@H](O)C(O)[C@@H]1C)(COCCC(=O)NCCCNC(=O)CCCCO[C@@H]1OC(CO)[C@H](O)C(O)[C@@H]1C)NC(=O)CCCCCCCCC(=O)N1C[C@H](O)C[C@H]1COP(C)(=O)O)[C@@H](C)CO. The van der Waals surface area contributed by atoms with Gasteiger partial charge in [-0.25, -0.2) is 0 Å². The Kier molecular flexibility index (Phi) is 54.2. The Morgan fingerprint density at radius 2 is 0.868 bits per heavy atom. The highest BCUT2D eigenvalue weighted by molar-refractivity contribution is 7.51. The molecule has 664 valence electrons. The molecule has 38 nitrogen and oxygen atoms in total. The largest absolute Gasteiger partial charge is 0.396 e. The lowest BCUT2D eigenvalue weighted by Crippen LogP contribution is -2.58. The maximum absolute atomic E-state index is 14.0. The number of hydrogen-bond donors (Lipinski definition) is 18. The van der Waals surface area contributed by atoms with Crippen molar-refractivity contribution in [3.05, 3.63) is 0 Å². The smallest absolute Gasteiger partial charge is 0.325 e. The Balaban J connectivity index is 1.59. The third-order valence-corrected chi connectivity index (χ3v) is 20.2. The average molecular weight is 1660 g/mol. The number of rotatable bonds is 66. The van der Waals surface area contributed by atoms with Crippen molar-refractivity contribution in [2.75, 3.05) is 145 Å². The Morgan fingerprint density at radius 3 is 1.25 bits per heavy atom. The topological polar surface area (TPSA) is 556 Å². The van der Waals surface area contributed by atoms with E-state index in [2.05, 4.69) is 37.2 Å². The second kappa shape index (κ2) is 59.8. The third-order valence-electron chi connectivity index (χ3n) is 19.6. The number of amides is 8. The third kappa shape index (κ3) is 44.3. The van der Waals surface area contributed by atoms with Crippen molar-refractivity contribution in [2.24, 2.45) is 17.8 Å². The molecule has 0 aliphatic carbocycles. The molecular weight excluding hydrogens is 1520 g/mol. The van der Waals surface area contributed by atoms with Gasteiger partial charge in [0.25, 0.3) is 0 Å². The van der Waals surface area contributed by atoms with Crippen molar-refractivity contribution in [3.63, 3.8) is 0 Å². The van der Waals surface area contributed by atoms with Crippen LogP contribution in [0.2, 0.25) is 0 Å². The van der Waals surface area contributed by atoms with E-state index in [0.29, 0.717) is 83.5 Å². The summed E-state index contributed by atoms with van der Waals surface area (Å²) in [5.41, 5.74) is -1.43. The number of aliphatic hydroxyl groups is 10. The maximum Gasteiger partial charge on any atom is 0.325 e. The van der Waals surface area contributed by atoms with Crippen LogP contribution >= 0.6 is 7.60 Å². The molecule has 8 amide bonds. The highest BCUT2D eigenvalue weighted by Gasteiger charge is 2.44. The van der Waals surface area contributed by atoms with Crippen LogP contribution in [0, 0.1) is 17.8 Å². The van der Waals surface area contributed by atoms with Crippen molar-refractivity contribution < 1.29 is 146 Å².